The molecule has 0 spiro atoms. The molecular weight excluding hydrogens is 345 g/mol. The second-order valence-electron chi connectivity index (χ2n) is 5.28. The van der Waals surface area contributed by atoms with E-state index in [1.807, 2.05) is 0 Å². The van der Waals surface area contributed by atoms with E-state index in [1.54, 1.807) is 26.0 Å². The van der Waals surface area contributed by atoms with E-state index in [-0.39, 0.29) is 22.6 Å². The second kappa shape index (κ2) is 8.22. The Morgan fingerprint density at radius 3 is 2.40 bits per heavy atom. The highest BCUT2D eigenvalue weighted by atomic mass is 32.2. The van der Waals surface area contributed by atoms with Gasteiger partial charge in [-0.05, 0) is 24.3 Å². The van der Waals surface area contributed by atoms with Gasteiger partial charge in [-0.15, -0.1) is 0 Å². The number of hydrogen-bond donors (Lipinski definition) is 0. The van der Waals surface area contributed by atoms with Crippen molar-refractivity contribution in [3.05, 3.63) is 65.5 Å². The number of benzene rings is 2. The first-order chi connectivity index (χ1) is 11.9. The molecule has 0 saturated heterocycles. The minimum Gasteiger partial charge on any atom is -0.457 e. The van der Waals surface area contributed by atoms with Crippen molar-refractivity contribution in [1.82, 2.24) is 4.31 Å². The molecule has 0 aliphatic heterocycles. The Morgan fingerprint density at radius 1 is 1.08 bits per heavy atom. The maximum absolute atomic E-state index is 13.6. The van der Waals surface area contributed by atoms with E-state index in [0.29, 0.717) is 13.1 Å². The second-order valence-corrected chi connectivity index (χ2v) is 7.22. The van der Waals surface area contributed by atoms with E-state index in [2.05, 4.69) is 0 Å². The molecule has 134 valence electrons. The van der Waals surface area contributed by atoms with Crippen LogP contribution in [-0.2, 0) is 21.4 Å². The molecule has 2 aromatic carbocycles. The molecule has 0 N–H and O–H groups in total. The molecular formula is C18H20FNO4S. The highest BCUT2D eigenvalue weighted by Gasteiger charge is 2.22. The molecule has 0 radical (unpaired) electrons. The zero-order chi connectivity index (χ0) is 18.4. The molecule has 0 bridgehead atoms. The number of hydrogen-bond acceptors (Lipinski definition) is 4. The van der Waals surface area contributed by atoms with Gasteiger partial charge in [0, 0.05) is 18.7 Å². The number of nitrogens with zero attached hydrogens (tertiary/aromatic N) is 1. The van der Waals surface area contributed by atoms with Crippen LogP contribution in [0, 0.1) is 5.82 Å². The molecule has 0 atom stereocenters. The first kappa shape index (κ1) is 19.1. The molecule has 2 aromatic rings. The molecule has 5 nitrogen and oxygen atoms in total. The number of carbonyl (C=O) groups excluding carboxylic acids is 1. The van der Waals surface area contributed by atoms with Crippen molar-refractivity contribution in [1.29, 1.82) is 0 Å². The van der Waals surface area contributed by atoms with Crippen molar-refractivity contribution < 1.29 is 22.3 Å². The Labute approximate surface area is 147 Å². The molecule has 0 amide bonds. The number of rotatable bonds is 7. The summed E-state index contributed by atoms with van der Waals surface area (Å²) in [4.78, 5) is 12.2. The lowest BCUT2D eigenvalue weighted by Gasteiger charge is -2.18. The Balaban J connectivity index is 2.18. The topological polar surface area (TPSA) is 63.7 Å². The van der Waals surface area contributed by atoms with Crippen molar-refractivity contribution in [2.75, 3.05) is 13.1 Å². The predicted octanol–water partition coefficient (Wildman–Crippen LogP) is 3.21. The largest absolute Gasteiger partial charge is 0.457 e. The number of ether oxygens (including phenoxy) is 1. The van der Waals surface area contributed by atoms with Gasteiger partial charge in [0.1, 0.15) is 12.4 Å². The highest BCUT2D eigenvalue weighted by molar-refractivity contribution is 7.89. The van der Waals surface area contributed by atoms with Gasteiger partial charge in [-0.25, -0.2) is 17.6 Å². The van der Waals surface area contributed by atoms with E-state index in [4.69, 9.17) is 4.74 Å². The molecule has 0 aromatic heterocycles. The van der Waals surface area contributed by atoms with Gasteiger partial charge in [0.25, 0.3) is 0 Å². The lowest BCUT2D eigenvalue weighted by Crippen LogP contribution is -2.30. The quantitative estimate of drug-likeness (QED) is 0.707. The smallest absolute Gasteiger partial charge is 0.338 e. The molecule has 0 fully saturated rings. The van der Waals surface area contributed by atoms with Crippen LogP contribution in [0.2, 0.25) is 0 Å². The van der Waals surface area contributed by atoms with Gasteiger partial charge in [0.05, 0.1) is 10.5 Å². The monoisotopic (exact) mass is 365 g/mol. The van der Waals surface area contributed by atoms with E-state index >= 15 is 0 Å². The van der Waals surface area contributed by atoms with Gasteiger partial charge in [-0.3, -0.25) is 0 Å². The predicted molar refractivity (Wildman–Crippen MR) is 92.1 cm³/mol. The number of esters is 1. The SMILES string of the molecule is CCN(CC)S(=O)(=O)c1cccc(C(=O)OCc2ccccc2F)c1. The molecule has 0 unspecified atom stereocenters. The van der Waals surface area contributed by atoms with E-state index in [1.165, 1.54) is 40.7 Å². The fourth-order valence-corrected chi connectivity index (χ4v) is 3.84. The van der Waals surface area contributed by atoms with E-state index in [0.717, 1.165) is 0 Å². The van der Waals surface area contributed by atoms with Crippen LogP contribution in [0.1, 0.15) is 29.8 Å². The summed E-state index contributed by atoms with van der Waals surface area (Å²) in [6.07, 6.45) is 0. The number of carbonyl (C=O) groups is 1. The van der Waals surface area contributed by atoms with Crippen LogP contribution in [-0.4, -0.2) is 31.8 Å². The van der Waals surface area contributed by atoms with Gasteiger partial charge in [-0.1, -0.05) is 38.1 Å². The summed E-state index contributed by atoms with van der Waals surface area (Å²) in [6.45, 7) is 3.93. The van der Waals surface area contributed by atoms with Crippen LogP contribution in [0.5, 0.6) is 0 Å². The van der Waals surface area contributed by atoms with Gasteiger partial charge >= 0.3 is 5.97 Å². The maximum atomic E-state index is 13.6. The Hall–Kier alpha value is -2.25. The first-order valence-electron chi connectivity index (χ1n) is 7.90. The first-order valence-corrected chi connectivity index (χ1v) is 9.34. The van der Waals surface area contributed by atoms with Gasteiger partial charge in [-0.2, -0.15) is 4.31 Å². The average Bonchev–Trinajstić information content (AvgIpc) is 2.61. The van der Waals surface area contributed by atoms with Crippen LogP contribution in [0.4, 0.5) is 4.39 Å². The summed E-state index contributed by atoms with van der Waals surface area (Å²) in [5.41, 5.74) is 0.354. The van der Waals surface area contributed by atoms with Crippen molar-refractivity contribution >= 4 is 16.0 Å². The highest BCUT2D eigenvalue weighted by Crippen LogP contribution is 2.18. The number of halogens is 1. The Bertz CT molecular complexity index is 848. The zero-order valence-corrected chi connectivity index (χ0v) is 14.9. The average molecular weight is 365 g/mol. The van der Waals surface area contributed by atoms with E-state index in [9.17, 15) is 17.6 Å². The van der Waals surface area contributed by atoms with Crippen LogP contribution < -0.4 is 0 Å². The van der Waals surface area contributed by atoms with Gasteiger partial charge in [0.2, 0.25) is 10.0 Å². The van der Waals surface area contributed by atoms with E-state index < -0.39 is 21.8 Å². The minimum absolute atomic E-state index is 0.0246. The number of sulfonamides is 1. The molecule has 0 heterocycles. The minimum atomic E-state index is -3.67. The lowest BCUT2D eigenvalue weighted by atomic mass is 10.2. The van der Waals surface area contributed by atoms with Crippen molar-refractivity contribution in [3.63, 3.8) is 0 Å². The molecule has 0 aliphatic rings. The normalized spacial score (nSPS) is 11.5. The molecule has 7 heteroatoms. The molecule has 0 saturated carbocycles. The third-order valence-electron chi connectivity index (χ3n) is 3.73. The maximum Gasteiger partial charge on any atom is 0.338 e. The molecule has 25 heavy (non-hydrogen) atoms. The standard InChI is InChI=1S/C18H20FNO4S/c1-3-20(4-2)25(22,23)16-10-7-9-14(12-16)18(21)24-13-15-8-5-6-11-17(15)19/h5-12H,3-4,13H2,1-2H3. The molecule has 0 aliphatic carbocycles. The summed E-state index contributed by atoms with van der Waals surface area (Å²) in [5.74, 6) is -1.17. The fourth-order valence-electron chi connectivity index (χ4n) is 2.34. The summed E-state index contributed by atoms with van der Waals surface area (Å²) >= 11 is 0. The van der Waals surface area contributed by atoms with Crippen LogP contribution in [0.3, 0.4) is 0 Å². The lowest BCUT2D eigenvalue weighted by molar-refractivity contribution is 0.0468. The fraction of sp³-hybridized carbons (Fsp3) is 0.278. The van der Waals surface area contributed by atoms with Crippen molar-refractivity contribution in [2.45, 2.75) is 25.3 Å². The summed E-state index contributed by atoms with van der Waals surface area (Å²) in [5, 5.41) is 0. The summed E-state index contributed by atoms with van der Waals surface area (Å²) < 4.78 is 45.0. The van der Waals surface area contributed by atoms with Crippen molar-refractivity contribution in [3.8, 4) is 0 Å². The van der Waals surface area contributed by atoms with Gasteiger partial charge in [0.15, 0.2) is 0 Å². The van der Waals surface area contributed by atoms with Crippen LogP contribution in [0.15, 0.2) is 53.4 Å². The molecule has 2 rings (SSSR count). The summed E-state index contributed by atoms with van der Waals surface area (Å²) in [6, 6.07) is 11.6. The Morgan fingerprint density at radius 2 is 1.76 bits per heavy atom. The van der Waals surface area contributed by atoms with Gasteiger partial charge < -0.3 is 4.74 Å². The van der Waals surface area contributed by atoms with Crippen LogP contribution in [0.25, 0.3) is 0 Å². The Kier molecular flexibility index (Phi) is 6.27. The summed E-state index contributed by atoms with van der Waals surface area (Å²) in [7, 11) is -3.67. The van der Waals surface area contributed by atoms with Crippen molar-refractivity contribution in [2.24, 2.45) is 0 Å². The third kappa shape index (κ3) is 4.43. The third-order valence-corrected chi connectivity index (χ3v) is 5.78. The zero-order valence-electron chi connectivity index (χ0n) is 14.1. The van der Waals surface area contributed by atoms with Crippen LogP contribution >= 0.6 is 0 Å².